The van der Waals surface area contributed by atoms with Crippen LogP contribution in [0.25, 0.3) is 0 Å². The van der Waals surface area contributed by atoms with Crippen molar-refractivity contribution in [3.05, 3.63) is 0 Å². The predicted molar refractivity (Wildman–Crippen MR) is 36.3 cm³/mol. The second-order valence-electron chi connectivity index (χ2n) is 1.19. The Kier molecular flexibility index (Phi) is 8.37. The molecule has 0 aliphatic carbocycles. The van der Waals surface area contributed by atoms with Crippen molar-refractivity contribution in [2.45, 2.75) is 26.8 Å². The summed E-state index contributed by atoms with van der Waals surface area (Å²) < 4.78 is 0. The Balaban J connectivity index is -0.000000109. The van der Waals surface area contributed by atoms with E-state index in [1.54, 1.807) is 6.92 Å². The van der Waals surface area contributed by atoms with Crippen molar-refractivity contribution in [3.63, 3.8) is 0 Å². The van der Waals surface area contributed by atoms with Crippen LogP contribution in [-0.4, -0.2) is 11.9 Å². The number of primary amides is 1. The number of carbonyl (C=O) groups excluding carboxylic acids is 1. The standard InChI is InChI=1S/C3H8N2O.C2H6.H2/c1-2(4)3(5)6;1-2;/h2H,4H2,1H3,(H2,5,6);1-2H3;1H/t2-;;/m0../s1. The van der Waals surface area contributed by atoms with Crippen LogP contribution < -0.4 is 11.5 Å². The van der Waals surface area contributed by atoms with Gasteiger partial charge in [0.15, 0.2) is 0 Å². The molecule has 1 amide bonds. The van der Waals surface area contributed by atoms with Gasteiger partial charge in [-0.25, -0.2) is 0 Å². The molecule has 0 bridgehead atoms. The van der Waals surface area contributed by atoms with Crippen molar-refractivity contribution in [1.82, 2.24) is 0 Å². The van der Waals surface area contributed by atoms with E-state index in [0.717, 1.165) is 0 Å². The lowest BCUT2D eigenvalue weighted by Crippen LogP contribution is -2.32. The molecule has 3 heteroatoms. The summed E-state index contributed by atoms with van der Waals surface area (Å²) in [6.45, 7) is 5.54. The minimum Gasteiger partial charge on any atom is -0.368 e. The minimum atomic E-state index is -0.509. The molecule has 3 nitrogen and oxygen atoms in total. The Bertz CT molecular complexity index is 66.0. The average Bonchev–Trinajstić information content (AvgIpc) is 1.72. The van der Waals surface area contributed by atoms with E-state index in [-0.39, 0.29) is 1.43 Å². The second kappa shape index (κ2) is 6.43. The third-order valence-corrected chi connectivity index (χ3v) is 0.449. The molecule has 0 rings (SSSR count). The van der Waals surface area contributed by atoms with Gasteiger partial charge in [0.2, 0.25) is 5.91 Å². The average molecular weight is 120 g/mol. The van der Waals surface area contributed by atoms with Gasteiger partial charge >= 0.3 is 0 Å². The third-order valence-electron chi connectivity index (χ3n) is 0.449. The smallest absolute Gasteiger partial charge is 0.234 e. The number of rotatable bonds is 1. The lowest BCUT2D eigenvalue weighted by Gasteiger charge is -1.91. The van der Waals surface area contributed by atoms with E-state index in [4.69, 9.17) is 5.73 Å². The van der Waals surface area contributed by atoms with Crippen LogP contribution >= 0.6 is 0 Å². The Labute approximate surface area is 51.5 Å². The van der Waals surface area contributed by atoms with Crippen LogP contribution in [0.5, 0.6) is 0 Å². The summed E-state index contributed by atoms with van der Waals surface area (Å²) in [5.74, 6) is -0.463. The maximum absolute atomic E-state index is 9.80. The van der Waals surface area contributed by atoms with Crippen LogP contribution in [0.15, 0.2) is 0 Å². The van der Waals surface area contributed by atoms with Crippen LogP contribution in [-0.2, 0) is 4.79 Å². The predicted octanol–water partition coefficient (Wildman–Crippen LogP) is 0.0911. The Hall–Kier alpha value is -0.570. The van der Waals surface area contributed by atoms with Gasteiger partial charge in [0, 0.05) is 1.43 Å². The second-order valence-corrected chi connectivity index (χ2v) is 1.19. The molecule has 0 aliphatic heterocycles. The molecular weight excluding hydrogens is 104 g/mol. The van der Waals surface area contributed by atoms with Gasteiger partial charge in [-0.3, -0.25) is 4.79 Å². The third kappa shape index (κ3) is 9.06. The van der Waals surface area contributed by atoms with Crippen LogP contribution in [0, 0.1) is 0 Å². The van der Waals surface area contributed by atoms with Crippen molar-refractivity contribution in [3.8, 4) is 0 Å². The summed E-state index contributed by atoms with van der Waals surface area (Å²) in [6.07, 6.45) is 0. The van der Waals surface area contributed by atoms with Gasteiger partial charge in [-0.05, 0) is 6.92 Å². The number of amides is 1. The van der Waals surface area contributed by atoms with Gasteiger partial charge in [-0.1, -0.05) is 13.8 Å². The summed E-state index contributed by atoms with van der Waals surface area (Å²) >= 11 is 0. The van der Waals surface area contributed by atoms with E-state index in [0.29, 0.717) is 0 Å². The topological polar surface area (TPSA) is 69.1 Å². The number of hydrogen-bond donors (Lipinski definition) is 2. The van der Waals surface area contributed by atoms with E-state index in [1.807, 2.05) is 13.8 Å². The maximum atomic E-state index is 9.80. The highest BCUT2D eigenvalue weighted by Crippen LogP contribution is 1.64. The van der Waals surface area contributed by atoms with Gasteiger partial charge in [-0.2, -0.15) is 0 Å². The van der Waals surface area contributed by atoms with Crippen molar-refractivity contribution >= 4 is 5.91 Å². The Morgan fingerprint density at radius 2 is 1.75 bits per heavy atom. The molecule has 0 aromatic heterocycles. The molecule has 0 spiro atoms. The first kappa shape index (κ1) is 10.4. The maximum Gasteiger partial charge on any atom is 0.234 e. The molecule has 0 aromatic carbocycles. The molecule has 1 atom stereocenters. The zero-order valence-electron chi connectivity index (χ0n) is 5.64. The SMILES string of the molecule is CC.C[C@H](N)C(N)=O.[HH]. The quantitative estimate of drug-likeness (QED) is 0.515. The first-order chi connectivity index (χ1) is 3.64. The summed E-state index contributed by atoms with van der Waals surface area (Å²) in [6, 6.07) is -0.509. The molecule has 4 N–H and O–H groups in total. The fourth-order valence-electron chi connectivity index (χ4n) is 0. The minimum absolute atomic E-state index is 0. The van der Waals surface area contributed by atoms with E-state index in [1.165, 1.54) is 0 Å². The molecular formula is C5H16N2O. The largest absolute Gasteiger partial charge is 0.368 e. The van der Waals surface area contributed by atoms with Crippen LogP contribution in [0.3, 0.4) is 0 Å². The first-order valence-corrected chi connectivity index (χ1v) is 2.69. The fourth-order valence-corrected chi connectivity index (χ4v) is 0. The van der Waals surface area contributed by atoms with Gasteiger partial charge in [0.1, 0.15) is 0 Å². The lowest BCUT2D eigenvalue weighted by molar-refractivity contribution is -0.118. The van der Waals surface area contributed by atoms with E-state index in [9.17, 15) is 4.79 Å². The van der Waals surface area contributed by atoms with Crippen molar-refractivity contribution < 1.29 is 6.22 Å². The molecule has 52 valence electrons. The highest BCUT2D eigenvalue weighted by molar-refractivity contribution is 5.78. The Morgan fingerprint density at radius 1 is 1.62 bits per heavy atom. The molecule has 0 saturated carbocycles. The van der Waals surface area contributed by atoms with Gasteiger partial charge in [0.05, 0.1) is 6.04 Å². The van der Waals surface area contributed by atoms with E-state index < -0.39 is 11.9 Å². The highest BCUT2D eigenvalue weighted by atomic mass is 16.1. The normalized spacial score (nSPS) is 11.0. The molecule has 0 heterocycles. The Morgan fingerprint density at radius 3 is 1.75 bits per heavy atom. The van der Waals surface area contributed by atoms with Crippen LogP contribution in [0.2, 0.25) is 0 Å². The zero-order valence-corrected chi connectivity index (χ0v) is 5.64. The molecule has 0 saturated heterocycles. The summed E-state index contributed by atoms with van der Waals surface area (Å²) in [7, 11) is 0. The number of nitrogens with two attached hydrogens (primary N) is 2. The summed E-state index contributed by atoms with van der Waals surface area (Å²) in [5.41, 5.74) is 9.63. The van der Waals surface area contributed by atoms with Crippen LogP contribution in [0.1, 0.15) is 22.2 Å². The molecule has 0 unspecified atom stereocenters. The van der Waals surface area contributed by atoms with E-state index >= 15 is 0 Å². The van der Waals surface area contributed by atoms with Gasteiger partial charge in [0.25, 0.3) is 0 Å². The molecule has 8 heavy (non-hydrogen) atoms. The van der Waals surface area contributed by atoms with Crippen LogP contribution in [0.4, 0.5) is 0 Å². The zero-order chi connectivity index (χ0) is 7.15. The fraction of sp³-hybridized carbons (Fsp3) is 0.800. The number of carbonyl (C=O) groups is 1. The van der Waals surface area contributed by atoms with Gasteiger partial charge in [-0.15, -0.1) is 0 Å². The van der Waals surface area contributed by atoms with E-state index in [2.05, 4.69) is 5.73 Å². The van der Waals surface area contributed by atoms with Crippen molar-refractivity contribution in [2.75, 3.05) is 0 Å². The van der Waals surface area contributed by atoms with Crippen molar-refractivity contribution in [1.29, 1.82) is 0 Å². The number of hydrogen-bond acceptors (Lipinski definition) is 2. The lowest BCUT2D eigenvalue weighted by atomic mass is 10.4. The molecule has 0 radical (unpaired) electrons. The van der Waals surface area contributed by atoms with Crippen molar-refractivity contribution in [2.24, 2.45) is 11.5 Å². The summed E-state index contributed by atoms with van der Waals surface area (Å²) in [4.78, 5) is 9.80. The van der Waals surface area contributed by atoms with Gasteiger partial charge < -0.3 is 11.5 Å². The molecule has 0 fully saturated rings. The molecule has 0 aliphatic rings. The summed E-state index contributed by atoms with van der Waals surface area (Å²) in [5, 5.41) is 0. The first-order valence-electron chi connectivity index (χ1n) is 2.69. The molecule has 0 aromatic rings. The highest BCUT2D eigenvalue weighted by Gasteiger charge is 1.96. The monoisotopic (exact) mass is 120 g/mol.